The molecule has 5 heteroatoms. The van der Waals surface area contributed by atoms with Gasteiger partial charge >= 0.3 is 0 Å². The van der Waals surface area contributed by atoms with E-state index in [0.29, 0.717) is 5.82 Å². The van der Waals surface area contributed by atoms with Gasteiger partial charge in [0.15, 0.2) is 5.82 Å². The van der Waals surface area contributed by atoms with Crippen LogP contribution in [-0.2, 0) is 0 Å². The van der Waals surface area contributed by atoms with Crippen molar-refractivity contribution in [3.8, 4) is 89.9 Å². The van der Waals surface area contributed by atoms with Gasteiger partial charge in [0.25, 0.3) is 0 Å². The molecule has 0 unspecified atom stereocenters. The average molecular weight is 742 g/mol. The average Bonchev–Trinajstić information content (AvgIpc) is 3.32. The zero-order valence-electron chi connectivity index (χ0n) is 31.4. The first-order valence-electron chi connectivity index (χ1n) is 19.3. The van der Waals surface area contributed by atoms with Gasteiger partial charge in [0.05, 0.1) is 34.0 Å². The van der Waals surface area contributed by atoms with Gasteiger partial charge < -0.3 is 0 Å². The fourth-order valence-electron chi connectivity index (χ4n) is 7.48. The fourth-order valence-corrected chi connectivity index (χ4v) is 7.48. The molecule has 10 rings (SSSR count). The number of pyridine rings is 3. The lowest BCUT2D eigenvalue weighted by Crippen LogP contribution is -1.97. The van der Waals surface area contributed by atoms with Crippen molar-refractivity contribution in [1.29, 1.82) is 0 Å². The monoisotopic (exact) mass is 741 g/mol. The zero-order valence-corrected chi connectivity index (χ0v) is 31.4. The first kappa shape index (κ1) is 34.6. The number of aromatic nitrogens is 5. The third-order valence-corrected chi connectivity index (χ3v) is 10.4. The summed E-state index contributed by atoms with van der Waals surface area (Å²) in [6.45, 7) is 0. The van der Waals surface area contributed by atoms with Crippen LogP contribution in [-0.4, -0.2) is 24.9 Å². The normalized spacial score (nSPS) is 11.1. The smallest absolute Gasteiger partial charge is 0.160 e. The molecule has 58 heavy (non-hydrogen) atoms. The maximum Gasteiger partial charge on any atom is 0.160 e. The second-order valence-electron chi connectivity index (χ2n) is 14.2. The minimum absolute atomic E-state index is 0.631. The Labute approximate surface area is 337 Å². The van der Waals surface area contributed by atoms with Gasteiger partial charge in [-0.15, -0.1) is 0 Å². The third kappa shape index (κ3) is 7.04. The van der Waals surface area contributed by atoms with Crippen LogP contribution in [0.5, 0.6) is 0 Å². The van der Waals surface area contributed by atoms with E-state index in [1.807, 2.05) is 72.9 Å². The Balaban J connectivity index is 1.16. The Bertz CT molecular complexity index is 2940. The van der Waals surface area contributed by atoms with Gasteiger partial charge in [-0.05, 0) is 112 Å². The second-order valence-corrected chi connectivity index (χ2v) is 14.2. The van der Waals surface area contributed by atoms with E-state index in [-0.39, 0.29) is 0 Å². The minimum atomic E-state index is 0.631. The van der Waals surface area contributed by atoms with E-state index in [2.05, 4.69) is 143 Å². The number of nitrogens with zero attached hydrogens (tertiary/aromatic N) is 5. The highest BCUT2D eigenvalue weighted by atomic mass is 14.9. The van der Waals surface area contributed by atoms with Gasteiger partial charge in [-0.3, -0.25) is 9.97 Å². The molecule has 4 heterocycles. The van der Waals surface area contributed by atoms with Crippen LogP contribution >= 0.6 is 0 Å². The van der Waals surface area contributed by atoms with Gasteiger partial charge in [-0.1, -0.05) is 121 Å². The zero-order chi connectivity index (χ0) is 38.7. The van der Waals surface area contributed by atoms with E-state index in [1.54, 1.807) is 6.20 Å². The first-order chi connectivity index (χ1) is 28.7. The maximum atomic E-state index is 5.35. The van der Waals surface area contributed by atoms with Crippen molar-refractivity contribution >= 4 is 10.9 Å². The molecule has 0 saturated heterocycles. The molecule has 4 aromatic heterocycles. The first-order valence-corrected chi connectivity index (χ1v) is 19.3. The van der Waals surface area contributed by atoms with Crippen LogP contribution in [0.4, 0.5) is 0 Å². The molecule has 0 fully saturated rings. The van der Waals surface area contributed by atoms with Gasteiger partial charge in [-0.25, -0.2) is 15.0 Å². The van der Waals surface area contributed by atoms with Crippen LogP contribution in [0.2, 0.25) is 0 Å². The van der Waals surface area contributed by atoms with E-state index >= 15 is 0 Å². The summed E-state index contributed by atoms with van der Waals surface area (Å²) in [7, 11) is 0. The lowest BCUT2D eigenvalue weighted by Gasteiger charge is -2.14. The molecular weight excluding hydrogens is 707 g/mol. The van der Waals surface area contributed by atoms with Crippen molar-refractivity contribution in [2.24, 2.45) is 0 Å². The molecule has 0 atom stereocenters. The predicted octanol–water partition coefficient (Wildman–Crippen LogP) is 13.2. The molecular formula is C53H35N5. The molecule has 0 spiro atoms. The molecule has 0 N–H and O–H groups in total. The summed E-state index contributed by atoms with van der Waals surface area (Å²) < 4.78 is 0. The highest BCUT2D eigenvalue weighted by Gasteiger charge is 2.16. The Kier molecular flexibility index (Phi) is 9.14. The topological polar surface area (TPSA) is 64.5 Å². The Morgan fingerprint density at radius 1 is 0.259 bits per heavy atom. The van der Waals surface area contributed by atoms with Crippen molar-refractivity contribution in [3.63, 3.8) is 0 Å². The standard InChI is InChI=1S/C53H35N5/c1-3-14-36(15-4-1)38-18-11-19-39(30-38)41-26-27-46-51(35-41)57-53(58-52(46)37-16-5-2-6-17-37)45-33-43(40-20-12-21-42(31-40)47-22-7-9-28-54-47)32-44(34-45)48-24-13-25-50(56-48)49-23-8-10-29-55-49/h1-35H. The largest absolute Gasteiger partial charge is 0.256 e. The van der Waals surface area contributed by atoms with Crippen LogP contribution < -0.4 is 0 Å². The molecule has 0 bridgehead atoms. The maximum absolute atomic E-state index is 5.35. The molecule has 0 aliphatic heterocycles. The lowest BCUT2D eigenvalue weighted by atomic mass is 9.95. The Morgan fingerprint density at radius 3 is 1.52 bits per heavy atom. The van der Waals surface area contributed by atoms with Crippen molar-refractivity contribution < 1.29 is 0 Å². The van der Waals surface area contributed by atoms with Crippen molar-refractivity contribution in [1.82, 2.24) is 24.9 Å². The van der Waals surface area contributed by atoms with Gasteiger partial charge in [0, 0.05) is 40.0 Å². The van der Waals surface area contributed by atoms with Crippen molar-refractivity contribution in [2.45, 2.75) is 0 Å². The molecule has 0 aliphatic rings. The number of fused-ring (bicyclic) bond motifs is 1. The minimum Gasteiger partial charge on any atom is -0.256 e. The summed E-state index contributed by atoms with van der Waals surface area (Å²) in [4.78, 5) is 25.0. The Morgan fingerprint density at radius 2 is 0.776 bits per heavy atom. The van der Waals surface area contributed by atoms with Crippen LogP contribution in [0.15, 0.2) is 213 Å². The summed E-state index contributed by atoms with van der Waals surface area (Å²) in [5.74, 6) is 0.631. The van der Waals surface area contributed by atoms with Gasteiger partial charge in [0.2, 0.25) is 0 Å². The van der Waals surface area contributed by atoms with E-state index in [1.165, 1.54) is 11.1 Å². The van der Waals surface area contributed by atoms with Crippen LogP contribution in [0, 0.1) is 0 Å². The summed E-state index contributed by atoms with van der Waals surface area (Å²) in [5, 5.41) is 0.988. The Hall–Kier alpha value is -7.89. The lowest BCUT2D eigenvalue weighted by molar-refractivity contribution is 1.22. The highest BCUT2D eigenvalue weighted by Crippen LogP contribution is 2.37. The highest BCUT2D eigenvalue weighted by molar-refractivity contribution is 5.96. The quantitative estimate of drug-likeness (QED) is 0.155. The molecule has 0 radical (unpaired) electrons. The summed E-state index contributed by atoms with van der Waals surface area (Å²) in [6.07, 6.45) is 3.62. The number of rotatable bonds is 8. The van der Waals surface area contributed by atoms with Crippen LogP contribution in [0.1, 0.15) is 0 Å². The fraction of sp³-hybridized carbons (Fsp3) is 0. The molecule has 0 aliphatic carbocycles. The number of hydrogen-bond donors (Lipinski definition) is 0. The third-order valence-electron chi connectivity index (χ3n) is 10.4. The van der Waals surface area contributed by atoms with Gasteiger partial charge in [-0.2, -0.15) is 0 Å². The second kappa shape index (κ2) is 15.3. The SMILES string of the molecule is c1ccc(-c2cccc(-c3ccc4c(-c5ccccc5)nc(-c5cc(-c6cccc(-c7ccccn7)c6)cc(-c6cccc(-c7ccccn7)n6)c5)nc4c3)c2)cc1. The van der Waals surface area contributed by atoms with E-state index < -0.39 is 0 Å². The van der Waals surface area contributed by atoms with Crippen molar-refractivity contribution in [2.75, 3.05) is 0 Å². The predicted molar refractivity (Wildman–Crippen MR) is 236 cm³/mol. The van der Waals surface area contributed by atoms with Gasteiger partial charge in [0.1, 0.15) is 0 Å². The molecule has 6 aromatic carbocycles. The molecule has 272 valence electrons. The van der Waals surface area contributed by atoms with Crippen LogP contribution in [0.25, 0.3) is 101 Å². The summed E-state index contributed by atoms with van der Waals surface area (Å²) in [6, 6.07) is 69.1. The molecule has 5 nitrogen and oxygen atoms in total. The number of hydrogen-bond acceptors (Lipinski definition) is 5. The number of benzene rings is 6. The summed E-state index contributed by atoms with van der Waals surface area (Å²) in [5.41, 5.74) is 15.7. The van der Waals surface area contributed by atoms with E-state index in [4.69, 9.17) is 15.0 Å². The van der Waals surface area contributed by atoms with E-state index in [9.17, 15) is 0 Å². The molecule has 10 aromatic rings. The molecule has 0 saturated carbocycles. The van der Waals surface area contributed by atoms with Crippen molar-refractivity contribution in [3.05, 3.63) is 213 Å². The van der Waals surface area contributed by atoms with Crippen LogP contribution in [0.3, 0.4) is 0 Å². The summed E-state index contributed by atoms with van der Waals surface area (Å²) >= 11 is 0. The van der Waals surface area contributed by atoms with E-state index in [0.717, 1.165) is 83.9 Å². The molecule has 0 amide bonds.